The van der Waals surface area contributed by atoms with Crippen LogP contribution in [0.4, 0.5) is 0 Å². The quantitative estimate of drug-likeness (QED) is 0.179. The van der Waals surface area contributed by atoms with Crippen LogP contribution >= 0.6 is 11.6 Å². The SMILES string of the molecule is CCOC(=O)C1=C(COCCN=[N+]=[N-])NC(C)=C(C(=O)NC(C)C)C1c1ccccc1Cl. The van der Waals surface area contributed by atoms with Crippen LogP contribution in [-0.2, 0) is 19.1 Å². The second-order valence-corrected chi connectivity index (χ2v) is 7.77. The molecule has 0 radical (unpaired) electrons. The minimum atomic E-state index is -0.751. The standard InChI is InChI=1S/C22H28ClN5O4/c1-5-32-22(30)20-17(12-31-11-10-25-28-24)27-14(4)18(21(29)26-13(2)3)19(20)15-8-6-7-9-16(15)23/h6-9,13,19,27H,5,10-12H2,1-4H3,(H,26,29). The summed E-state index contributed by atoms with van der Waals surface area (Å²) in [6.45, 7) is 7.73. The van der Waals surface area contributed by atoms with Crippen molar-refractivity contribution in [1.82, 2.24) is 10.6 Å². The molecule has 1 amide bonds. The van der Waals surface area contributed by atoms with E-state index >= 15 is 0 Å². The number of allylic oxidation sites excluding steroid dienone is 1. The highest BCUT2D eigenvalue weighted by molar-refractivity contribution is 6.31. The van der Waals surface area contributed by atoms with Gasteiger partial charge in [0, 0.05) is 33.8 Å². The van der Waals surface area contributed by atoms with E-state index in [1.54, 1.807) is 38.1 Å². The first kappa shape index (κ1) is 25.3. The van der Waals surface area contributed by atoms with E-state index in [9.17, 15) is 9.59 Å². The average Bonchev–Trinajstić information content (AvgIpc) is 2.73. The van der Waals surface area contributed by atoms with Gasteiger partial charge in [0.15, 0.2) is 0 Å². The topological polar surface area (TPSA) is 125 Å². The Morgan fingerprint density at radius 2 is 2.03 bits per heavy atom. The number of carbonyl (C=O) groups is 2. The third-order valence-electron chi connectivity index (χ3n) is 4.67. The molecule has 0 aromatic heterocycles. The van der Waals surface area contributed by atoms with E-state index in [1.807, 2.05) is 13.8 Å². The summed E-state index contributed by atoms with van der Waals surface area (Å²) >= 11 is 6.51. The number of dihydropyridines is 1. The molecule has 1 atom stereocenters. The number of rotatable bonds is 10. The zero-order chi connectivity index (χ0) is 23.7. The summed E-state index contributed by atoms with van der Waals surface area (Å²) in [6.07, 6.45) is 0. The number of nitrogens with zero attached hydrogens (tertiary/aromatic N) is 3. The molecule has 1 aliphatic heterocycles. The number of hydrogen-bond acceptors (Lipinski definition) is 6. The van der Waals surface area contributed by atoms with Crippen molar-refractivity contribution in [2.45, 2.75) is 39.7 Å². The van der Waals surface area contributed by atoms with E-state index in [1.165, 1.54) is 0 Å². The van der Waals surface area contributed by atoms with Gasteiger partial charge in [-0.15, -0.1) is 0 Å². The maximum Gasteiger partial charge on any atom is 0.336 e. The largest absolute Gasteiger partial charge is 0.463 e. The summed E-state index contributed by atoms with van der Waals surface area (Å²) in [5.41, 5.74) is 10.7. The molecule has 10 heteroatoms. The van der Waals surface area contributed by atoms with Gasteiger partial charge in [0.1, 0.15) is 0 Å². The fourth-order valence-electron chi connectivity index (χ4n) is 3.45. The van der Waals surface area contributed by atoms with Crippen LogP contribution in [-0.4, -0.2) is 44.3 Å². The van der Waals surface area contributed by atoms with Crippen LogP contribution in [0.25, 0.3) is 10.4 Å². The Hall–Kier alpha value is -3.00. The first-order valence-electron chi connectivity index (χ1n) is 10.3. The minimum absolute atomic E-state index is 0.0342. The third-order valence-corrected chi connectivity index (χ3v) is 5.01. The van der Waals surface area contributed by atoms with E-state index in [0.717, 1.165) is 0 Å². The number of hydrogen-bond donors (Lipinski definition) is 2. The van der Waals surface area contributed by atoms with Crippen molar-refractivity contribution in [3.05, 3.63) is 67.8 Å². The molecule has 1 heterocycles. The Morgan fingerprint density at radius 1 is 1.31 bits per heavy atom. The summed E-state index contributed by atoms with van der Waals surface area (Å²) in [7, 11) is 0. The highest BCUT2D eigenvalue weighted by Gasteiger charge is 2.39. The van der Waals surface area contributed by atoms with Crippen LogP contribution < -0.4 is 10.6 Å². The molecular weight excluding hydrogens is 434 g/mol. The summed E-state index contributed by atoms with van der Waals surface area (Å²) in [5.74, 6) is -1.63. The molecule has 1 aromatic rings. The van der Waals surface area contributed by atoms with Gasteiger partial charge in [-0.05, 0) is 44.9 Å². The van der Waals surface area contributed by atoms with E-state index < -0.39 is 11.9 Å². The van der Waals surface area contributed by atoms with Gasteiger partial charge < -0.3 is 20.1 Å². The second kappa shape index (κ2) is 12.1. The lowest BCUT2D eigenvalue weighted by Crippen LogP contribution is -2.40. The third kappa shape index (κ3) is 6.26. The Balaban J connectivity index is 2.61. The van der Waals surface area contributed by atoms with E-state index in [2.05, 4.69) is 20.7 Å². The van der Waals surface area contributed by atoms with Crippen molar-refractivity contribution in [3.63, 3.8) is 0 Å². The maximum absolute atomic E-state index is 13.2. The normalized spacial score (nSPS) is 15.9. The molecule has 0 saturated carbocycles. The zero-order valence-corrected chi connectivity index (χ0v) is 19.4. The van der Waals surface area contributed by atoms with Crippen molar-refractivity contribution >= 4 is 23.5 Å². The molecule has 9 nitrogen and oxygen atoms in total. The smallest absolute Gasteiger partial charge is 0.336 e. The highest BCUT2D eigenvalue weighted by Crippen LogP contribution is 2.41. The summed E-state index contributed by atoms with van der Waals surface area (Å²) < 4.78 is 10.9. The van der Waals surface area contributed by atoms with Crippen molar-refractivity contribution < 1.29 is 19.1 Å². The van der Waals surface area contributed by atoms with Crippen LogP contribution in [0, 0.1) is 0 Å². The van der Waals surface area contributed by atoms with Crippen molar-refractivity contribution in [2.24, 2.45) is 5.11 Å². The molecule has 0 aliphatic carbocycles. The lowest BCUT2D eigenvalue weighted by molar-refractivity contribution is -0.138. The van der Waals surface area contributed by atoms with Crippen molar-refractivity contribution in [3.8, 4) is 0 Å². The van der Waals surface area contributed by atoms with Crippen LogP contribution in [0.1, 0.15) is 39.2 Å². The van der Waals surface area contributed by atoms with Crippen LogP contribution in [0.5, 0.6) is 0 Å². The Kier molecular flexibility index (Phi) is 9.59. The fraction of sp³-hybridized carbons (Fsp3) is 0.455. The number of azide groups is 1. The van der Waals surface area contributed by atoms with Gasteiger partial charge in [0.2, 0.25) is 5.91 Å². The lowest BCUT2D eigenvalue weighted by Gasteiger charge is -2.32. The van der Waals surface area contributed by atoms with E-state index in [-0.39, 0.29) is 43.9 Å². The number of esters is 1. The predicted octanol–water partition coefficient (Wildman–Crippen LogP) is 3.97. The van der Waals surface area contributed by atoms with Crippen LogP contribution in [0.2, 0.25) is 5.02 Å². The van der Waals surface area contributed by atoms with Crippen molar-refractivity contribution in [2.75, 3.05) is 26.4 Å². The van der Waals surface area contributed by atoms with Crippen LogP contribution in [0.3, 0.4) is 0 Å². The monoisotopic (exact) mass is 461 g/mol. The van der Waals surface area contributed by atoms with Crippen LogP contribution in [0.15, 0.2) is 51.9 Å². The van der Waals surface area contributed by atoms with E-state index in [4.69, 9.17) is 26.6 Å². The molecule has 0 fully saturated rings. The Labute approximate surface area is 192 Å². The van der Waals surface area contributed by atoms with Gasteiger partial charge in [0.05, 0.1) is 37.0 Å². The van der Waals surface area contributed by atoms with Gasteiger partial charge in [-0.1, -0.05) is 34.9 Å². The molecule has 1 unspecified atom stereocenters. The first-order chi connectivity index (χ1) is 15.3. The molecule has 0 bridgehead atoms. The molecule has 0 saturated heterocycles. The second-order valence-electron chi connectivity index (χ2n) is 7.37. The Bertz CT molecular complexity index is 967. The van der Waals surface area contributed by atoms with E-state index in [0.29, 0.717) is 27.6 Å². The molecule has 1 aromatic carbocycles. The minimum Gasteiger partial charge on any atom is -0.463 e. The summed E-state index contributed by atoms with van der Waals surface area (Å²) in [6, 6.07) is 6.98. The molecule has 0 spiro atoms. The van der Waals surface area contributed by atoms with Gasteiger partial charge in [-0.2, -0.15) is 0 Å². The molecular formula is C22H28ClN5O4. The van der Waals surface area contributed by atoms with Gasteiger partial charge >= 0.3 is 5.97 Å². The lowest BCUT2D eigenvalue weighted by atomic mass is 9.79. The van der Waals surface area contributed by atoms with Gasteiger partial charge in [0.25, 0.3) is 0 Å². The number of amides is 1. The number of halogens is 1. The highest BCUT2D eigenvalue weighted by atomic mass is 35.5. The summed E-state index contributed by atoms with van der Waals surface area (Å²) in [5, 5.41) is 9.91. The molecule has 172 valence electrons. The number of benzene rings is 1. The molecule has 2 rings (SSSR count). The predicted molar refractivity (Wildman–Crippen MR) is 122 cm³/mol. The molecule has 2 N–H and O–H groups in total. The zero-order valence-electron chi connectivity index (χ0n) is 18.6. The molecule has 1 aliphatic rings. The Morgan fingerprint density at radius 3 is 2.66 bits per heavy atom. The number of nitrogens with one attached hydrogen (secondary N) is 2. The number of carbonyl (C=O) groups excluding carboxylic acids is 2. The summed E-state index contributed by atoms with van der Waals surface area (Å²) in [4.78, 5) is 29.0. The maximum atomic E-state index is 13.2. The number of ether oxygens (including phenoxy) is 2. The average molecular weight is 462 g/mol. The first-order valence-corrected chi connectivity index (χ1v) is 10.7. The van der Waals surface area contributed by atoms with Gasteiger partial charge in [-0.3, -0.25) is 4.79 Å². The van der Waals surface area contributed by atoms with Crippen molar-refractivity contribution in [1.29, 1.82) is 0 Å². The fourth-order valence-corrected chi connectivity index (χ4v) is 3.69. The van der Waals surface area contributed by atoms with Gasteiger partial charge in [-0.25, -0.2) is 4.79 Å². The molecule has 32 heavy (non-hydrogen) atoms.